The van der Waals surface area contributed by atoms with Gasteiger partial charge in [-0.05, 0) is 55.1 Å². The molecule has 0 amide bonds. The fraction of sp³-hybridized carbons (Fsp3) is 0.273. The van der Waals surface area contributed by atoms with Gasteiger partial charge in [-0.25, -0.2) is 9.55 Å². The average Bonchev–Trinajstić information content (AvgIpc) is 3.00. The molecule has 0 aliphatic heterocycles. The van der Waals surface area contributed by atoms with Crippen molar-refractivity contribution in [1.82, 2.24) is 9.38 Å². The Morgan fingerprint density at radius 3 is 2.84 bits per heavy atom. The summed E-state index contributed by atoms with van der Waals surface area (Å²) in [5.41, 5.74) is 6.50. The van der Waals surface area contributed by atoms with Gasteiger partial charge in [-0.1, -0.05) is 19.9 Å². The van der Waals surface area contributed by atoms with Crippen LogP contribution in [-0.4, -0.2) is 9.38 Å². The van der Waals surface area contributed by atoms with Gasteiger partial charge >= 0.3 is 0 Å². The molecular weight excluding hydrogens is 306 g/mol. The normalized spacial score (nSPS) is 15.0. The fourth-order valence-corrected chi connectivity index (χ4v) is 3.53. The van der Waals surface area contributed by atoms with E-state index in [2.05, 4.69) is 16.3 Å². The predicted molar refractivity (Wildman–Crippen MR) is 103 cm³/mol. The predicted octanol–water partition coefficient (Wildman–Crippen LogP) is 4.72. The van der Waals surface area contributed by atoms with E-state index in [1.165, 1.54) is 0 Å². The molecule has 0 spiro atoms. The van der Waals surface area contributed by atoms with E-state index < -0.39 is 12.7 Å². The SMILES string of the molecule is [2H]C([2H])([2H])c1c[n+](C)c(-c2ccc3nc4ccccn4c3c2C)cc1C([2H])(C)C. The van der Waals surface area contributed by atoms with Gasteiger partial charge in [0, 0.05) is 23.3 Å². The van der Waals surface area contributed by atoms with Gasteiger partial charge in [0.25, 0.3) is 0 Å². The van der Waals surface area contributed by atoms with Gasteiger partial charge in [0.1, 0.15) is 12.7 Å². The summed E-state index contributed by atoms with van der Waals surface area (Å²) in [6, 6.07) is 11.8. The average molecular weight is 334 g/mol. The maximum atomic E-state index is 8.52. The molecule has 3 heteroatoms. The van der Waals surface area contributed by atoms with Crippen LogP contribution in [0.1, 0.15) is 41.9 Å². The highest BCUT2D eigenvalue weighted by atomic mass is 15.0. The zero-order chi connectivity index (χ0) is 21.1. The smallest absolute Gasteiger partial charge is 0.212 e. The molecule has 4 rings (SSSR count). The van der Waals surface area contributed by atoms with Crippen LogP contribution in [0, 0.1) is 13.8 Å². The van der Waals surface area contributed by atoms with Crippen LogP contribution in [0.5, 0.6) is 0 Å². The molecule has 4 aromatic rings. The molecule has 0 saturated heterocycles. The molecule has 0 saturated carbocycles. The number of aromatic nitrogens is 3. The summed E-state index contributed by atoms with van der Waals surface area (Å²) >= 11 is 0. The first kappa shape index (κ1) is 11.8. The number of fused-ring (bicyclic) bond motifs is 3. The topological polar surface area (TPSA) is 21.2 Å². The second-order valence-corrected chi connectivity index (χ2v) is 6.74. The number of hydrogen-bond donors (Lipinski definition) is 0. The second-order valence-electron chi connectivity index (χ2n) is 6.74. The first-order valence-corrected chi connectivity index (χ1v) is 8.40. The Balaban J connectivity index is 2.03. The Labute approximate surface area is 154 Å². The highest BCUT2D eigenvalue weighted by Crippen LogP contribution is 2.30. The molecular formula is C22H24N3+. The van der Waals surface area contributed by atoms with E-state index in [-0.39, 0.29) is 5.56 Å². The largest absolute Gasteiger partial charge is 0.299 e. The molecule has 3 nitrogen and oxygen atoms in total. The lowest BCUT2D eigenvalue weighted by molar-refractivity contribution is -0.660. The summed E-state index contributed by atoms with van der Waals surface area (Å²) < 4.78 is 36.2. The van der Waals surface area contributed by atoms with E-state index in [1.54, 1.807) is 20.0 Å². The molecule has 0 aliphatic carbocycles. The lowest BCUT2D eigenvalue weighted by Crippen LogP contribution is -2.32. The van der Waals surface area contributed by atoms with Crippen molar-refractivity contribution in [2.75, 3.05) is 0 Å². The van der Waals surface area contributed by atoms with Crippen molar-refractivity contribution in [2.24, 2.45) is 7.05 Å². The first-order chi connectivity index (χ1) is 13.5. The summed E-state index contributed by atoms with van der Waals surface area (Å²) in [7, 11) is 1.85. The van der Waals surface area contributed by atoms with Gasteiger partial charge in [-0.15, -0.1) is 0 Å². The monoisotopic (exact) mass is 334 g/mol. The van der Waals surface area contributed by atoms with Crippen molar-refractivity contribution in [3.63, 3.8) is 0 Å². The van der Waals surface area contributed by atoms with Gasteiger partial charge in [-0.2, -0.15) is 0 Å². The molecule has 3 heterocycles. The van der Waals surface area contributed by atoms with Crippen LogP contribution in [0.2, 0.25) is 0 Å². The standard InChI is InChI=1S/C22H24N3/c1-14(2)18-12-20(24(5)13-15(18)3)17-9-10-19-22(16(17)4)25-11-7-6-8-21(25)23-19/h6-14H,1-5H3/q+1/i3D3,14D. The molecule has 0 atom stereocenters. The van der Waals surface area contributed by atoms with Gasteiger partial charge in [0.15, 0.2) is 6.20 Å². The Morgan fingerprint density at radius 2 is 2.08 bits per heavy atom. The number of pyridine rings is 2. The Hall–Kier alpha value is -2.68. The molecule has 0 N–H and O–H groups in total. The molecule has 0 bridgehead atoms. The van der Waals surface area contributed by atoms with E-state index in [4.69, 9.17) is 5.48 Å². The van der Waals surface area contributed by atoms with Crippen LogP contribution in [0.3, 0.4) is 0 Å². The van der Waals surface area contributed by atoms with Crippen LogP contribution < -0.4 is 4.57 Å². The molecule has 0 fully saturated rings. The summed E-state index contributed by atoms with van der Waals surface area (Å²) in [5, 5.41) is 0. The van der Waals surface area contributed by atoms with Gasteiger partial charge in [0.2, 0.25) is 5.69 Å². The van der Waals surface area contributed by atoms with Gasteiger partial charge < -0.3 is 0 Å². The van der Waals surface area contributed by atoms with E-state index in [0.717, 1.165) is 33.5 Å². The second kappa shape index (κ2) is 5.69. The Bertz CT molecular complexity index is 1250. The number of hydrogen-bond acceptors (Lipinski definition) is 1. The summed E-state index contributed by atoms with van der Waals surface area (Å²) in [6.45, 7) is 3.23. The maximum Gasteiger partial charge on any atom is 0.212 e. The quantitative estimate of drug-likeness (QED) is 0.486. The molecule has 126 valence electrons. The van der Waals surface area contributed by atoms with Crippen LogP contribution in [0.4, 0.5) is 0 Å². The fourth-order valence-electron chi connectivity index (χ4n) is 3.53. The maximum absolute atomic E-state index is 8.52. The van der Waals surface area contributed by atoms with Crippen molar-refractivity contribution in [2.45, 2.75) is 33.5 Å². The molecule has 0 radical (unpaired) electrons. The minimum atomic E-state index is -2.27. The van der Waals surface area contributed by atoms with Crippen molar-refractivity contribution < 1.29 is 10.1 Å². The number of aryl methyl sites for hydroxylation is 3. The number of benzene rings is 1. The zero-order valence-corrected chi connectivity index (χ0v) is 15.0. The van der Waals surface area contributed by atoms with Crippen LogP contribution in [0.15, 0.2) is 48.8 Å². The zero-order valence-electron chi connectivity index (χ0n) is 19.0. The molecule has 1 aromatic carbocycles. The number of nitrogens with zero attached hydrogens (tertiary/aromatic N) is 3. The third-order valence-corrected chi connectivity index (χ3v) is 4.81. The van der Waals surface area contributed by atoms with Crippen molar-refractivity contribution in [3.8, 4) is 11.3 Å². The molecule has 3 aromatic heterocycles. The lowest BCUT2D eigenvalue weighted by Gasteiger charge is -2.12. The van der Waals surface area contributed by atoms with Gasteiger partial charge in [-0.3, -0.25) is 4.40 Å². The summed E-state index contributed by atoms with van der Waals surface area (Å²) in [4.78, 5) is 4.69. The highest BCUT2D eigenvalue weighted by molar-refractivity contribution is 5.88. The van der Waals surface area contributed by atoms with Crippen LogP contribution in [0.25, 0.3) is 27.9 Å². The minimum Gasteiger partial charge on any atom is -0.299 e. The van der Waals surface area contributed by atoms with Gasteiger partial charge in [0.05, 0.1) is 16.6 Å². The van der Waals surface area contributed by atoms with E-state index >= 15 is 0 Å². The van der Waals surface area contributed by atoms with Crippen LogP contribution >= 0.6 is 0 Å². The van der Waals surface area contributed by atoms with E-state index in [1.807, 2.05) is 54.2 Å². The third kappa shape index (κ3) is 2.42. The van der Waals surface area contributed by atoms with Crippen molar-refractivity contribution >= 4 is 16.7 Å². The van der Waals surface area contributed by atoms with E-state index in [0.29, 0.717) is 5.56 Å². The number of imidazole rings is 1. The van der Waals surface area contributed by atoms with Crippen molar-refractivity contribution in [1.29, 1.82) is 0 Å². The first-order valence-electron chi connectivity index (χ1n) is 10.4. The summed E-state index contributed by atoms with van der Waals surface area (Å²) in [6.07, 6.45) is 3.64. The molecule has 25 heavy (non-hydrogen) atoms. The van der Waals surface area contributed by atoms with Crippen molar-refractivity contribution in [3.05, 3.63) is 65.5 Å². The Kier molecular flexibility index (Phi) is 2.69. The third-order valence-electron chi connectivity index (χ3n) is 4.81. The molecule has 0 unspecified atom stereocenters. The lowest BCUT2D eigenvalue weighted by atomic mass is 9.95. The van der Waals surface area contributed by atoms with Crippen LogP contribution in [-0.2, 0) is 7.05 Å². The Morgan fingerprint density at radius 1 is 1.24 bits per heavy atom. The van der Waals surface area contributed by atoms with E-state index in [9.17, 15) is 0 Å². The number of rotatable bonds is 2. The summed E-state index contributed by atoms with van der Waals surface area (Å²) in [5.74, 6) is -1.03. The highest BCUT2D eigenvalue weighted by Gasteiger charge is 2.19. The minimum absolute atomic E-state index is 0.220. The molecule has 0 aliphatic rings.